The fourth-order valence-electron chi connectivity index (χ4n) is 4.33. The Bertz CT molecular complexity index is 1200. The summed E-state index contributed by atoms with van der Waals surface area (Å²) in [6, 6.07) is 13.2. The molecule has 196 valence electrons. The van der Waals surface area contributed by atoms with Crippen LogP contribution in [0.1, 0.15) is 37.3 Å². The van der Waals surface area contributed by atoms with Crippen LogP contribution in [0.15, 0.2) is 64.8 Å². The quantitative estimate of drug-likeness (QED) is 0.209. The number of ether oxygens (including phenoxy) is 3. The van der Waals surface area contributed by atoms with Crippen LogP contribution in [0, 0.1) is 16.0 Å². The third kappa shape index (κ3) is 6.79. The summed E-state index contributed by atoms with van der Waals surface area (Å²) in [6.07, 6.45) is 1.45. The number of nitro benzene ring substituents is 1. The van der Waals surface area contributed by atoms with Crippen molar-refractivity contribution < 1.29 is 33.8 Å². The van der Waals surface area contributed by atoms with E-state index < -0.39 is 28.7 Å². The minimum Gasteiger partial charge on any atom is -0.490 e. The molecule has 0 bridgehead atoms. The molecule has 0 spiro atoms. The van der Waals surface area contributed by atoms with Crippen LogP contribution in [-0.2, 0) is 25.5 Å². The molecular formula is C27H30N2O8. The first kappa shape index (κ1) is 27.5. The molecular weight excluding hydrogens is 480 g/mol. The molecule has 1 N–H and O–H groups in total. The molecule has 3 rings (SSSR count). The number of carbonyl (C=O) groups is 2. The van der Waals surface area contributed by atoms with E-state index in [0.29, 0.717) is 29.1 Å². The molecule has 2 atom stereocenters. The van der Waals surface area contributed by atoms with Crippen molar-refractivity contribution in [2.45, 2.75) is 32.6 Å². The molecule has 2 aromatic rings. The summed E-state index contributed by atoms with van der Waals surface area (Å²) in [6.45, 7) is 3.45. The topological polar surface area (TPSA) is 138 Å². The zero-order chi connectivity index (χ0) is 26.9. The van der Waals surface area contributed by atoms with E-state index in [0.717, 1.165) is 12.0 Å². The van der Waals surface area contributed by atoms with Crippen molar-refractivity contribution in [3.8, 4) is 5.75 Å². The van der Waals surface area contributed by atoms with Crippen LogP contribution in [0.4, 0.5) is 5.69 Å². The number of hydrogen-bond acceptors (Lipinski definition) is 9. The second kappa shape index (κ2) is 12.8. The van der Waals surface area contributed by atoms with Crippen LogP contribution in [0.2, 0.25) is 0 Å². The number of benzene rings is 2. The van der Waals surface area contributed by atoms with E-state index in [4.69, 9.17) is 19.3 Å². The van der Waals surface area contributed by atoms with Gasteiger partial charge < -0.3 is 19.3 Å². The van der Waals surface area contributed by atoms with Gasteiger partial charge in [-0.1, -0.05) is 24.3 Å². The minimum atomic E-state index is -0.946. The standard InChI is InChI=1S/C27H30N2O8/c1-17-23(26(31)35-3)25(20-7-4-8-21(16-20)29(33)34)24(18(2)28-17)27(32)37-15-14-36-22-11-9-19(10-12-22)6-5-13-30/h4,7-12,16,23,25,30H,5-6,13-15H2,1-3H3. The van der Waals surface area contributed by atoms with Gasteiger partial charge in [0, 0.05) is 36.1 Å². The van der Waals surface area contributed by atoms with Crippen molar-refractivity contribution >= 4 is 23.3 Å². The highest BCUT2D eigenvalue weighted by molar-refractivity contribution is 6.07. The molecule has 0 aromatic heterocycles. The van der Waals surface area contributed by atoms with Gasteiger partial charge in [0.25, 0.3) is 5.69 Å². The van der Waals surface area contributed by atoms with Gasteiger partial charge in [0.1, 0.15) is 24.9 Å². The van der Waals surface area contributed by atoms with Gasteiger partial charge in [-0.15, -0.1) is 0 Å². The fraction of sp³-hybridized carbons (Fsp3) is 0.370. The molecule has 2 unspecified atom stereocenters. The highest BCUT2D eigenvalue weighted by Gasteiger charge is 2.42. The molecule has 0 saturated carbocycles. The number of aryl methyl sites for hydroxylation is 1. The first-order valence-corrected chi connectivity index (χ1v) is 11.8. The van der Waals surface area contributed by atoms with E-state index in [-0.39, 0.29) is 31.1 Å². The predicted molar refractivity (Wildman–Crippen MR) is 135 cm³/mol. The normalized spacial score (nSPS) is 17.1. The van der Waals surface area contributed by atoms with Gasteiger partial charge >= 0.3 is 11.9 Å². The van der Waals surface area contributed by atoms with E-state index in [9.17, 15) is 19.7 Å². The van der Waals surface area contributed by atoms with Gasteiger partial charge in [-0.05, 0) is 49.9 Å². The largest absolute Gasteiger partial charge is 0.490 e. The molecule has 10 nitrogen and oxygen atoms in total. The van der Waals surface area contributed by atoms with E-state index in [1.807, 2.05) is 12.1 Å². The molecule has 0 radical (unpaired) electrons. The molecule has 0 fully saturated rings. The average molecular weight is 511 g/mol. The third-order valence-electron chi connectivity index (χ3n) is 6.08. The molecule has 0 amide bonds. The van der Waals surface area contributed by atoms with Gasteiger partial charge in [-0.25, -0.2) is 4.79 Å². The number of rotatable bonds is 11. The van der Waals surface area contributed by atoms with Crippen molar-refractivity contribution in [3.05, 3.63) is 81.0 Å². The number of aliphatic hydroxyl groups excluding tert-OH is 1. The Kier molecular flexibility index (Phi) is 9.51. The minimum absolute atomic E-state index is 0.0604. The SMILES string of the molecule is COC(=O)C1C(C)=NC(C)=C(C(=O)OCCOc2ccc(CCCO)cc2)C1c1cccc([N+](=O)[O-])c1. The molecule has 1 heterocycles. The Balaban J connectivity index is 1.77. The van der Waals surface area contributed by atoms with Crippen LogP contribution in [0.25, 0.3) is 0 Å². The van der Waals surface area contributed by atoms with E-state index in [1.165, 1.54) is 25.3 Å². The number of aliphatic hydroxyl groups is 1. The zero-order valence-corrected chi connectivity index (χ0v) is 21.0. The summed E-state index contributed by atoms with van der Waals surface area (Å²) < 4.78 is 16.1. The summed E-state index contributed by atoms with van der Waals surface area (Å²) in [5, 5.41) is 20.3. The number of carbonyl (C=O) groups excluding carboxylic acids is 2. The second-order valence-corrected chi connectivity index (χ2v) is 8.54. The van der Waals surface area contributed by atoms with E-state index in [2.05, 4.69) is 4.99 Å². The maximum Gasteiger partial charge on any atom is 0.336 e. The summed E-state index contributed by atoms with van der Waals surface area (Å²) >= 11 is 0. The van der Waals surface area contributed by atoms with E-state index in [1.54, 1.807) is 32.0 Å². The summed E-state index contributed by atoms with van der Waals surface area (Å²) in [4.78, 5) is 41.2. The lowest BCUT2D eigenvalue weighted by Gasteiger charge is -2.31. The van der Waals surface area contributed by atoms with Crippen LogP contribution >= 0.6 is 0 Å². The molecule has 0 aliphatic carbocycles. The first-order chi connectivity index (χ1) is 17.8. The van der Waals surface area contributed by atoms with Gasteiger partial charge in [-0.2, -0.15) is 0 Å². The van der Waals surface area contributed by atoms with Crippen molar-refractivity contribution in [2.75, 3.05) is 26.9 Å². The maximum atomic E-state index is 13.2. The Hall–Kier alpha value is -4.05. The van der Waals surface area contributed by atoms with Crippen LogP contribution in [0.3, 0.4) is 0 Å². The molecule has 0 saturated heterocycles. The van der Waals surface area contributed by atoms with Crippen molar-refractivity contribution in [2.24, 2.45) is 10.9 Å². The van der Waals surface area contributed by atoms with Gasteiger partial charge in [-0.3, -0.25) is 19.9 Å². The Morgan fingerprint density at radius 3 is 2.49 bits per heavy atom. The lowest BCUT2D eigenvalue weighted by Crippen LogP contribution is -2.36. The Labute approximate surface area is 214 Å². The third-order valence-corrected chi connectivity index (χ3v) is 6.08. The number of hydrogen-bond donors (Lipinski definition) is 1. The number of aliphatic imine (C=N–C) groups is 1. The second-order valence-electron chi connectivity index (χ2n) is 8.54. The van der Waals surface area contributed by atoms with Crippen molar-refractivity contribution in [3.63, 3.8) is 0 Å². The van der Waals surface area contributed by atoms with Gasteiger partial charge in [0.05, 0.1) is 17.6 Å². The smallest absolute Gasteiger partial charge is 0.336 e. The Morgan fingerprint density at radius 1 is 1.11 bits per heavy atom. The van der Waals surface area contributed by atoms with E-state index >= 15 is 0 Å². The number of non-ortho nitro benzene ring substituents is 1. The van der Waals surface area contributed by atoms with Crippen molar-refractivity contribution in [1.82, 2.24) is 0 Å². The van der Waals surface area contributed by atoms with Gasteiger partial charge in [0.2, 0.25) is 0 Å². The number of allylic oxidation sites excluding steroid dienone is 1. The average Bonchev–Trinajstić information content (AvgIpc) is 2.89. The number of esters is 2. The molecule has 37 heavy (non-hydrogen) atoms. The maximum absolute atomic E-state index is 13.2. The van der Waals surface area contributed by atoms with Crippen molar-refractivity contribution in [1.29, 1.82) is 0 Å². The molecule has 2 aromatic carbocycles. The number of nitrogens with zero attached hydrogens (tertiary/aromatic N) is 2. The predicted octanol–water partition coefficient (Wildman–Crippen LogP) is 3.76. The molecule has 1 aliphatic heterocycles. The van der Waals surface area contributed by atoms with Crippen LogP contribution in [0.5, 0.6) is 5.75 Å². The first-order valence-electron chi connectivity index (χ1n) is 11.8. The lowest BCUT2D eigenvalue weighted by atomic mass is 9.75. The monoisotopic (exact) mass is 510 g/mol. The number of nitro groups is 1. The van der Waals surface area contributed by atoms with Crippen LogP contribution in [-0.4, -0.2) is 54.6 Å². The zero-order valence-electron chi connectivity index (χ0n) is 21.0. The highest BCUT2D eigenvalue weighted by atomic mass is 16.6. The summed E-state index contributed by atoms with van der Waals surface area (Å²) in [5.41, 5.74) is 2.25. The number of methoxy groups -OCH3 is 1. The Morgan fingerprint density at radius 2 is 1.84 bits per heavy atom. The lowest BCUT2D eigenvalue weighted by molar-refractivity contribution is -0.384. The molecule has 1 aliphatic rings. The van der Waals surface area contributed by atoms with Crippen LogP contribution < -0.4 is 4.74 Å². The summed E-state index contributed by atoms with van der Waals surface area (Å²) in [7, 11) is 1.24. The summed E-state index contributed by atoms with van der Waals surface area (Å²) in [5.74, 6) is -2.51. The fourth-order valence-corrected chi connectivity index (χ4v) is 4.33. The van der Waals surface area contributed by atoms with Gasteiger partial charge in [0.15, 0.2) is 0 Å². The molecule has 10 heteroatoms. The highest BCUT2D eigenvalue weighted by Crippen LogP contribution is 2.40.